The molecule has 0 saturated heterocycles. The molecule has 0 bridgehead atoms. The summed E-state index contributed by atoms with van der Waals surface area (Å²) in [6.45, 7) is 0. The van der Waals surface area contributed by atoms with E-state index in [0.29, 0.717) is 16.9 Å². The van der Waals surface area contributed by atoms with Crippen molar-refractivity contribution < 1.29 is 4.79 Å². The summed E-state index contributed by atoms with van der Waals surface area (Å²) in [4.78, 5) is 19.8. The zero-order valence-electron chi connectivity index (χ0n) is 9.49. The van der Waals surface area contributed by atoms with Crippen LogP contribution >= 0.6 is 11.6 Å². The van der Waals surface area contributed by atoms with Crippen LogP contribution in [0.2, 0.25) is 5.28 Å². The lowest BCUT2D eigenvalue weighted by Gasteiger charge is -2.06. The molecule has 0 unspecified atom stereocenters. The van der Waals surface area contributed by atoms with E-state index in [4.69, 9.17) is 11.6 Å². The molecule has 94 valence electrons. The number of nitrogens with one attached hydrogen (secondary N) is 1. The number of carbonyl (C=O) groups is 1. The Morgan fingerprint density at radius 2 is 2.11 bits per heavy atom. The maximum Gasteiger partial charge on any atom is 0.255 e. The largest absolute Gasteiger partial charge is 0.317 e. The predicted octanol–water partition coefficient (Wildman–Crippen LogP) is 1.42. The highest BCUT2D eigenvalue weighted by atomic mass is 35.5. The fourth-order valence-electron chi connectivity index (χ4n) is 1.58. The topological polar surface area (TPSA) is 85.1 Å². The van der Waals surface area contributed by atoms with Crippen molar-refractivity contribution in [3.63, 3.8) is 0 Å². The van der Waals surface area contributed by atoms with Gasteiger partial charge in [-0.2, -0.15) is 0 Å². The first kappa shape index (κ1) is 11.5. The van der Waals surface area contributed by atoms with Crippen LogP contribution in [0.3, 0.4) is 0 Å². The Kier molecular flexibility index (Phi) is 2.81. The maximum absolute atomic E-state index is 12.0. The Morgan fingerprint density at radius 3 is 2.89 bits per heavy atom. The number of aromatic nitrogens is 5. The van der Waals surface area contributed by atoms with E-state index in [2.05, 4.69) is 25.5 Å². The van der Waals surface area contributed by atoms with Crippen LogP contribution in [-0.2, 0) is 0 Å². The lowest BCUT2D eigenvalue weighted by atomic mass is 10.2. The molecule has 1 N–H and O–H groups in total. The molecule has 0 atom stereocenters. The normalized spacial score (nSPS) is 10.6. The highest BCUT2D eigenvalue weighted by Crippen LogP contribution is 2.17. The SMILES string of the molecule is O=C(Nc1cnc(Cl)n2cnnc12)c1ccncc1. The van der Waals surface area contributed by atoms with Gasteiger partial charge in [-0.05, 0) is 23.7 Å². The lowest BCUT2D eigenvalue weighted by molar-refractivity contribution is 0.102. The smallest absolute Gasteiger partial charge is 0.255 e. The molecular formula is C11H7ClN6O. The molecule has 0 saturated carbocycles. The summed E-state index contributed by atoms with van der Waals surface area (Å²) < 4.78 is 1.48. The average Bonchev–Trinajstić information content (AvgIpc) is 2.93. The number of fused-ring (bicyclic) bond motifs is 1. The molecule has 3 aromatic rings. The molecule has 0 aliphatic heterocycles. The maximum atomic E-state index is 12.0. The summed E-state index contributed by atoms with van der Waals surface area (Å²) in [7, 11) is 0. The third kappa shape index (κ3) is 2.11. The van der Waals surface area contributed by atoms with E-state index in [9.17, 15) is 4.79 Å². The van der Waals surface area contributed by atoms with E-state index >= 15 is 0 Å². The van der Waals surface area contributed by atoms with E-state index in [1.54, 1.807) is 24.5 Å². The number of anilines is 1. The summed E-state index contributed by atoms with van der Waals surface area (Å²) >= 11 is 5.87. The number of hydrogen-bond acceptors (Lipinski definition) is 5. The minimum absolute atomic E-state index is 0.224. The van der Waals surface area contributed by atoms with Crippen molar-refractivity contribution in [2.24, 2.45) is 0 Å². The van der Waals surface area contributed by atoms with E-state index < -0.39 is 0 Å². The van der Waals surface area contributed by atoms with Gasteiger partial charge in [0.2, 0.25) is 5.28 Å². The van der Waals surface area contributed by atoms with Gasteiger partial charge in [0.15, 0.2) is 5.65 Å². The van der Waals surface area contributed by atoms with Crippen LogP contribution in [0, 0.1) is 0 Å². The van der Waals surface area contributed by atoms with Gasteiger partial charge in [0.05, 0.1) is 6.20 Å². The predicted molar refractivity (Wildman–Crippen MR) is 68.0 cm³/mol. The number of rotatable bonds is 2. The second-order valence-electron chi connectivity index (χ2n) is 3.66. The molecule has 8 heteroatoms. The molecule has 0 aliphatic carbocycles. The van der Waals surface area contributed by atoms with E-state index in [0.717, 1.165) is 0 Å². The third-order valence-corrected chi connectivity index (χ3v) is 2.76. The van der Waals surface area contributed by atoms with Crippen LogP contribution in [0.15, 0.2) is 37.1 Å². The molecular weight excluding hydrogens is 268 g/mol. The third-order valence-electron chi connectivity index (χ3n) is 2.48. The van der Waals surface area contributed by atoms with E-state index in [-0.39, 0.29) is 11.2 Å². The highest BCUT2D eigenvalue weighted by Gasteiger charge is 2.11. The van der Waals surface area contributed by atoms with Gasteiger partial charge in [-0.15, -0.1) is 10.2 Å². The van der Waals surface area contributed by atoms with E-state index in [1.165, 1.54) is 16.9 Å². The lowest BCUT2D eigenvalue weighted by Crippen LogP contribution is -2.13. The van der Waals surface area contributed by atoms with Crippen LogP contribution in [0.25, 0.3) is 5.65 Å². The quantitative estimate of drug-likeness (QED) is 0.715. The van der Waals surface area contributed by atoms with Crippen molar-refractivity contribution in [1.29, 1.82) is 0 Å². The highest BCUT2D eigenvalue weighted by molar-refractivity contribution is 6.28. The number of halogens is 1. The van der Waals surface area contributed by atoms with Crippen molar-refractivity contribution in [1.82, 2.24) is 24.6 Å². The monoisotopic (exact) mass is 274 g/mol. The Bertz CT molecular complexity index is 741. The zero-order valence-corrected chi connectivity index (χ0v) is 10.2. The second-order valence-corrected chi connectivity index (χ2v) is 3.99. The van der Waals surface area contributed by atoms with Gasteiger partial charge < -0.3 is 5.32 Å². The second kappa shape index (κ2) is 4.62. The van der Waals surface area contributed by atoms with Crippen LogP contribution in [0.5, 0.6) is 0 Å². The van der Waals surface area contributed by atoms with Crippen molar-refractivity contribution in [2.75, 3.05) is 5.32 Å². The average molecular weight is 275 g/mol. The first-order valence-electron chi connectivity index (χ1n) is 5.31. The molecule has 3 aromatic heterocycles. The Hall–Kier alpha value is -2.54. The Labute approximate surface area is 112 Å². The van der Waals surface area contributed by atoms with Crippen LogP contribution in [0.1, 0.15) is 10.4 Å². The molecule has 0 spiro atoms. The standard InChI is InChI=1S/C11H7ClN6O/c12-11-14-5-8(9-17-15-6-18(9)11)16-10(19)7-1-3-13-4-2-7/h1-6H,(H,16,19). The summed E-state index contributed by atoms with van der Waals surface area (Å²) in [6.07, 6.45) is 5.95. The van der Waals surface area contributed by atoms with Crippen LogP contribution in [-0.4, -0.2) is 30.5 Å². The number of carbonyl (C=O) groups excluding carboxylic acids is 1. The number of hydrogen-bond donors (Lipinski definition) is 1. The van der Waals surface area contributed by atoms with Crippen molar-refractivity contribution in [3.05, 3.63) is 47.9 Å². The molecule has 0 radical (unpaired) electrons. The molecule has 19 heavy (non-hydrogen) atoms. The molecule has 3 rings (SSSR count). The van der Waals surface area contributed by atoms with Gasteiger partial charge in [0.1, 0.15) is 12.0 Å². The zero-order chi connectivity index (χ0) is 13.2. The van der Waals surface area contributed by atoms with Gasteiger partial charge in [-0.25, -0.2) is 4.98 Å². The molecule has 3 heterocycles. The summed E-state index contributed by atoms with van der Waals surface area (Å²) in [5, 5.41) is 10.5. The first-order chi connectivity index (χ1) is 9.25. The van der Waals surface area contributed by atoms with Gasteiger partial charge in [-0.3, -0.25) is 14.2 Å². The summed E-state index contributed by atoms with van der Waals surface area (Å²) in [6, 6.07) is 3.22. The van der Waals surface area contributed by atoms with Crippen molar-refractivity contribution in [2.45, 2.75) is 0 Å². The minimum atomic E-state index is -0.281. The van der Waals surface area contributed by atoms with Gasteiger partial charge in [-0.1, -0.05) is 0 Å². The van der Waals surface area contributed by atoms with Gasteiger partial charge in [0, 0.05) is 18.0 Å². The van der Waals surface area contributed by atoms with Crippen LogP contribution < -0.4 is 5.32 Å². The van der Waals surface area contributed by atoms with E-state index in [1.807, 2.05) is 0 Å². The van der Waals surface area contributed by atoms with Gasteiger partial charge in [0.25, 0.3) is 5.91 Å². The summed E-state index contributed by atoms with van der Waals surface area (Å²) in [5.41, 5.74) is 1.36. The van der Waals surface area contributed by atoms with Crippen molar-refractivity contribution in [3.8, 4) is 0 Å². The Balaban J connectivity index is 1.96. The fraction of sp³-hybridized carbons (Fsp3) is 0. The molecule has 7 nitrogen and oxygen atoms in total. The number of amides is 1. The number of nitrogens with zero attached hydrogens (tertiary/aromatic N) is 5. The first-order valence-corrected chi connectivity index (χ1v) is 5.69. The summed E-state index contributed by atoms with van der Waals surface area (Å²) in [5.74, 6) is -0.281. The molecule has 1 amide bonds. The molecule has 0 aliphatic rings. The Morgan fingerprint density at radius 1 is 1.32 bits per heavy atom. The van der Waals surface area contributed by atoms with Crippen molar-refractivity contribution >= 4 is 28.8 Å². The fourth-order valence-corrected chi connectivity index (χ4v) is 1.75. The number of pyridine rings is 1. The van der Waals surface area contributed by atoms with Crippen LogP contribution in [0.4, 0.5) is 5.69 Å². The van der Waals surface area contributed by atoms with Gasteiger partial charge >= 0.3 is 0 Å². The molecule has 0 aromatic carbocycles. The molecule has 0 fully saturated rings. The minimum Gasteiger partial charge on any atom is -0.317 e.